The summed E-state index contributed by atoms with van der Waals surface area (Å²) in [5, 5.41) is 0. The highest BCUT2D eigenvalue weighted by atomic mass is 32.2. The molecule has 1 heterocycles. The van der Waals surface area contributed by atoms with E-state index in [1.807, 2.05) is 0 Å². The quantitative estimate of drug-likeness (QED) is 0.742. The van der Waals surface area contributed by atoms with Crippen LogP contribution in [0.1, 0.15) is 33.6 Å². The van der Waals surface area contributed by atoms with E-state index in [-0.39, 0.29) is 0 Å². The predicted octanol–water partition coefficient (Wildman–Crippen LogP) is 1.54. The summed E-state index contributed by atoms with van der Waals surface area (Å²) in [5.74, 6) is 0.699. The van der Waals surface area contributed by atoms with Crippen LogP contribution in [0.4, 0.5) is 0 Å². The largest absolute Gasteiger partial charge is 0.301 e. The molecule has 1 aliphatic rings. The number of hydrogen-bond acceptors (Lipinski definition) is 3. The Morgan fingerprint density at radius 1 is 1.13 bits per heavy atom. The number of hydrogen-bond donors (Lipinski definition) is 0. The van der Waals surface area contributed by atoms with E-state index in [1.54, 1.807) is 0 Å². The lowest BCUT2D eigenvalue weighted by Gasteiger charge is -2.27. The molecular formula is C11H23NO2S. The lowest BCUT2D eigenvalue weighted by Crippen LogP contribution is -2.40. The van der Waals surface area contributed by atoms with Crippen LogP contribution in [0.2, 0.25) is 0 Å². The second-order valence-corrected chi connectivity index (χ2v) is 7.96. The van der Waals surface area contributed by atoms with Crippen LogP contribution in [0.25, 0.3) is 0 Å². The Hall–Kier alpha value is -0.0900. The fourth-order valence-corrected chi connectivity index (χ4v) is 3.08. The minimum Gasteiger partial charge on any atom is -0.301 e. The average molecular weight is 233 g/mol. The second-order valence-electron chi connectivity index (χ2n) is 5.66. The summed E-state index contributed by atoms with van der Waals surface area (Å²) in [6.45, 7) is 9.24. The smallest absolute Gasteiger partial charge is 0.152 e. The Balaban J connectivity index is 2.20. The minimum atomic E-state index is -2.71. The van der Waals surface area contributed by atoms with Crippen LogP contribution < -0.4 is 0 Å². The van der Waals surface area contributed by atoms with E-state index in [2.05, 4.69) is 25.7 Å². The first-order valence-corrected chi connectivity index (χ1v) is 7.53. The fourth-order valence-electron chi connectivity index (χ4n) is 1.81. The van der Waals surface area contributed by atoms with Crippen molar-refractivity contribution in [2.24, 2.45) is 5.41 Å². The summed E-state index contributed by atoms with van der Waals surface area (Å²) in [4.78, 5) is 2.27. The van der Waals surface area contributed by atoms with Gasteiger partial charge in [0.2, 0.25) is 0 Å². The maximum atomic E-state index is 11.2. The molecule has 0 N–H and O–H groups in total. The number of sulfone groups is 1. The first-order chi connectivity index (χ1) is 6.79. The molecule has 0 amide bonds. The molecule has 3 nitrogen and oxygen atoms in total. The molecule has 0 unspecified atom stereocenters. The molecule has 0 saturated carbocycles. The van der Waals surface area contributed by atoms with Crippen molar-refractivity contribution in [3.8, 4) is 0 Å². The third-order valence-electron chi connectivity index (χ3n) is 2.84. The van der Waals surface area contributed by atoms with Crippen molar-refractivity contribution in [2.75, 3.05) is 31.1 Å². The maximum Gasteiger partial charge on any atom is 0.152 e. The number of nitrogens with zero attached hydrogens (tertiary/aromatic N) is 1. The zero-order valence-corrected chi connectivity index (χ0v) is 10.9. The van der Waals surface area contributed by atoms with Crippen molar-refractivity contribution >= 4 is 9.84 Å². The molecule has 1 rings (SSSR count). The highest BCUT2D eigenvalue weighted by Crippen LogP contribution is 2.20. The van der Waals surface area contributed by atoms with Gasteiger partial charge in [-0.1, -0.05) is 20.8 Å². The number of rotatable bonds is 3. The molecule has 0 aromatic heterocycles. The zero-order valence-electron chi connectivity index (χ0n) is 10.1. The zero-order chi connectivity index (χ0) is 11.5. The van der Waals surface area contributed by atoms with E-state index in [4.69, 9.17) is 0 Å². The van der Waals surface area contributed by atoms with Gasteiger partial charge in [-0.3, -0.25) is 0 Å². The van der Waals surface area contributed by atoms with Gasteiger partial charge in [-0.05, 0) is 24.8 Å². The molecule has 90 valence electrons. The van der Waals surface area contributed by atoms with E-state index in [0.29, 0.717) is 16.9 Å². The van der Waals surface area contributed by atoms with E-state index in [1.165, 1.54) is 12.8 Å². The predicted molar refractivity (Wildman–Crippen MR) is 63.8 cm³/mol. The van der Waals surface area contributed by atoms with Crippen molar-refractivity contribution in [3.05, 3.63) is 0 Å². The van der Waals surface area contributed by atoms with E-state index in [9.17, 15) is 8.42 Å². The van der Waals surface area contributed by atoms with Gasteiger partial charge in [0.15, 0.2) is 9.84 Å². The van der Waals surface area contributed by atoms with Gasteiger partial charge in [-0.15, -0.1) is 0 Å². The topological polar surface area (TPSA) is 37.4 Å². The molecule has 0 aliphatic carbocycles. The van der Waals surface area contributed by atoms with Gasteiger partial charge in [0.25, 0.3) is 0 Å². The van der Waals surface area contributed by atoms with Crippen LogP contribution in [0.15, 0.2) is 0 Å². The standard InChI is InChI=1S/C11H23NO2S/c1-11(2,3)5-4-6-12-7-9-15(13,14)10-8-12/h4-10H2,1-3H3. The fraction of sp³-hybridized carbons (Fsp3) is 1.00. The van der Waals surface area contributed by atoms with Gasteiger partial charge in [0.1, 0.15) is 0 Å². The highest BCUT2D eigenvalue weighted by Gasteiger charge is 2.21. The molecule has 1 fully saturated rings. The molecule has 0 spiro atoms. The van der Waals surface area contributed by atoms with Crippen LogP contribution in [-0.4, -0.2) is 44.5 Å². The molecule has 0 radical (unpaired) electrons. The second kappa shape index (κ2) is 4.83. The Bertz CT molecular complexity index is 276. The molecular weight excluding hydrogens is 210 g/mol. The summed E-state index contributed by atoms with van der Waals surface area (Å²) in [7, 11) is -2.71. The van der Waals surface area contributed by atoms with Crippen molar-refractivity contribution in [3.63, 3.8) is 0 Å². The molecule has 0 aromatic rings. The highest BCUT2D eigenvalue weighted by molar-refractivity contribution is 7.91. The summed E-state index contributed by atoms with van der Waals surface area (Å²) >= 11 is 0. The van der Waals surface area contributed by atoms with E-state index >= 15 is 0 Å². The maximum absolute atomic E-state index is 11.2. The van der Waals surface area contributed by atoms with Crippen LogP contribution >= 0.6 is 0 Å². The lowest BCUT2D eigenvalue weighted by molar-refractivity contribution is 0.263. The molecule has 1 saturated heterocycles. The van der Waals surface area contributed by atoms with Crippen molar-refractivity contribution in [1.29, 1.82) is 0 Å². The van der Waals surface area contributed by atoms with Gasteiger partial charge in [-0.2, -0.15) is 0 Å². The molecule has 0 atom stereocenters. The molecule has 15 heavy (non-hydrogen) atoms. The van der Waals surface area contributed by atoms with Crippen LogP contribution in [0.3, 0.4) is 0 Å². The monoisotopic (exact) mass is 233 g/mol. The minimum absolute atomic E-state index is 0.350. The first kappa shape index (κ1) is 13.0. The van der Waals surface area contributed by atoms with Crippen LogP contribution in [0.5, 0.6) is 0 Å². The summed E-state index contributed by atoms with van der Waals surface area (Å²) in [6.07, 6.45) is 2.37. The van der Waals surface area contributed by atoms with E-state index < -0.39 is 9.84 Å². The van der Waals surface area contributed by atoms with Gasteiger partial charge in [0, 0.05) is 13.1 Å². The van der Waals surface area contributed by atoms with Crippen LogP contribution in [0, 0.1) is 5.41 Å². The lowest BCUT2D eigenvalue weighted by atomic mass is 9.90. The molecule has 1 aliphatic heterocycles. The Labute approximate surface area is 93.8 Å². The Morgan fingerprint density at radius 2 is 1.67 bits per heavy atom. The van der Waals surface area contributed by atoms with Gasteiger partial charge < -0.3 is 4.90 Å². The Kier molecular flexibility index (Phi) is 4.18. The third-order valence-corrected chi connectivity index (χ3v) is 4.45. The van der Waals surface area contributed by atoms with Crippen LogP contribution in [-0.2, 0) is 9.84 Å². The summed E-state index contributed by atoms with van der Waals surface area (Å²) in [6, 6.07) is 0. The van der Waals surface area contributed by atoms with Crippen molar-refractivity contribution in [1.82, 2.24) is 4.90 Å². The summed E-state index contributed by atoms with van der Waals surface area (Å²) in [5.41, 5.74) is 0.391. The van der Waals surface area contributed by atoms with Gasteiger partial charge in [0.05, 0.1) is 11.5 Å². The van der Waals surface area contributed by atoms with Gasteiger partial charge >= 0.3 is 0 Å². The SMILES string of the molecule is CC(C)(C)CCCN1CCS(=O)(=O)CC1. The first-order valence-electron chi connectivity index (χ1n) is 5.71. The van der Waals surface area contributed by atoms with Crippen molar-refractivity contribution < 1.29 is 8.42 Å². The third kappa shape index (κ3) is 5.52. The molecule has 0 aromatic carbocycles. The molecule has 0 bridgehead atoms. The normalized spacial score (nSPS) is 22.9. The average Bonchev–Trinajstić information content (AvgIpc) is 2.06. The molecule has 4 heteroatoms. The van der Waals surface area contributed by atoms with Crippen molar-refractivity contribution in [2.45, 2.75) is 33.6 Å². The Morgan fingerprint density at radius 3 is 2.13 bits per heavy atom. The van der Waals surface area contributed by atoms with E-state index in [0.717, 1.165) is 19.6 Å². The summed E-state index contributed by atoms with van der Waals surface area (Å²) < 4.78 is 22.4. The van der Waals surface area contributed by atoms with Gasteiger partial charge in [-0.25, -0.2) is 8.42 Å².